The summed E-state index contributed by atoms with van der Waals surface area (Å²) in [5, 5.41) is 3.09. The van der Waals surface area contributed by atoms with E-state index in [9.17, 15) is 4.79 Å². The number of carbonyl (C=O) groups is 1. The molecule has 174 valence electrons. The lowest BCUT2D eigenvalue weighted by Gasteiger charge is -2.32. The minimum atomic E-state index is -0.0557. The number of nitrogens with zero attached hydrogens (tertiary/aromatic N) is 3. The molecule has 4 rings (SSSR count). The predicted molar refractivity (Wildman–Crippen MR) is 136 cm³/mol. The van der Waals surface area contributed by atoms with E-state index in [1.165, 1.54) is 11.1 Å². The molecule has 3 aromatic rings. The number of hydrogen-bond donors (Lipinski definition) is 1. The zero-order chi connectivity index (χ0) is 23.4. The fourth-order valence-electron chi connectivity index (χ4n) is 4.80. The van der Waals surface area contributed by atoms with Gasteiger partial charge in [-0.1, -0.05) is 42.5 Å². The number of rotatable bonds is 7. The monoisotopic (exact) mass is 444 g/mol. The molecule has 2 heterocycles. The van der Waals surface area contributed by atoms with Crippen molar-refractivity contribution in [1.82, 2.24) is 14.4 Å². The molecule has 0 saturated carbocycles. The molecule has 5 heteroatoms. The van der Waals surface area contributed by atoms with E-state index in [1.807, 2.05) is 31.2 Å². The molecule has 1 aliphatic heterocycles. The average molecular weight is 445 g/mol. The van der Waals surface area contributed by atoms with Crippen molar-refractivity contribution in [1.29, 1.82) is 0 Å². The van der Waals surface area contributed by atoms with Gasteiger partial charge in [0.2, 0.25) is 0 Å². The van der Waals surface area contributed by atoms with Gasteiger partial charge in [0.15, 0.2) is 0 Å². The number of piperazine rings is 1. The van der Waals surface area contributed by atoms with E-state index >= 15 is 0 Å². The van der Waals surface area contributed by atoms with E-state index in [-0.39, 0.29) is 11.9 Å². The van der Waals surface area contributed by atoms with Crippen LogP contribution in [0.5, 0.6) is 0 Å². The summed E-state index contributed by atoms with van der Waals surface area (Å²) in [5.74, 6) is -0.0557. The number of nitrogens with one attached hydrogen (secondary N) is 1. The highest BCUT2D eigenvalue weighted by Crippen LogP contribution is 2.26. The molecule has 1 amide bonds. The van der Waals surface area contributed by atoms with Crippen molar-refractivity contribution < 1.29 is 4.79 Å². The highest BCUT2D eigenvalue weighted by Gasteiger charge is 2.20. The van der Waals surface area contributed by atoms with E-state index in [0.717, 1.165) is 61.8 Å². The molecule has 0 aliphatic carbocycles. The van der Waals surface area contributed by atoms with E-state index in [0.29, 0.717) is 0 Å². The Morgan fingerprint density at radius 2 is 1.64 bits per heavy atom. The number of anilines is 1. The molecule has 1 N–H and O–H groups in total. The Balaban J connectivity index is 1.38. The van der Waals surface area contributed by atoms with E-state index < -0.39 is 0 Å². The molecule has 0 bridgehead atoms. The van der Waals surface area contributed by atoms with Crippen molar-refractivity contribution >= 4 is 11.6 Å². The van der Waals surface area contributed by atoms with Crippen LogP contribution < -0.4 is 5.32 Å². The summed E-state index contributed by atoms with van der Waals surface area (Å²) < 4.78 is 2.24. The average Bonchev–Trinajstić information content (AvgIpc) is 3.13. The number of likely N-dealkylation sites (N-methyl/N-ethyl adjacent to an activating group) is 1. The van der Waals surface area contributed by atoms with E-state index in [1.54, 1.807) is 0 Å². The van der Waals surface area contributed by atoms with Gasteiger partial charge in [-0.2, -0.15) is 0 Å². The standard InChI is InChI=1S/C28H36N4O/c1-21-20-27(23(3)32(21)22(2)25-8-6-5-7-9-25)28(33)29-26-12-10-24(11-13-26)14-15-31-18-16-30(4)17-19-31/h5-13,20,22H,14-19H2,1-4H3,(H,29,33). The first-order chi connectivity index (χ1) is 15.9. The second-order valence-corrected chi connectivity index (χ2v) is 9.29. The topological polar surface area (TPSA) is 40.5 Å². The second-order valence-electron chi connectivity index (χ2n) is 9.29. The van der Waals surface area contributed by atoms with E-state index in [2.05, 4.69) is 77.0 Å². The molecule has 1 aliphatic rings. The lowest BCUT2D eigenvalue weighted by Crippen LogP contribution is -2.45. The van der Waals surface area contributed by atoms with Gasteiger partial charge in [-0.25, -0.2) is 0 Å². The minimum absolute atomic E-state index is 0.0557. The van der Waals surface area contributed by atoms with Gasteiger partial charge >= 0.3 is 0 Å². The van der Waals surface area contributed by atoms with Crippen LogP contribution in [0.3, 0.4) is 0 Å². The van der Waals surface area contributed by atoms with Crippen LogP contribution in [0.2, 0.25) is 0 Å². The zero-order valence-electron chi connectivity index (χ0n) is 20.3. The third-order valence-corrected chi connectivity index (χ3v) is 6.92. The second kappa shape index (κ2) is 10.4. The Kier molecular flexibility index (Phi) is 7.31. The van der Waals surface area contributed by atoms with Gasteiger partial charge in [0.05, 0.1) is 11.6 Å². The number of aromatic nitrogens is 1. The number of hydrogen-bond acceptors (Lipinski definition) is 3. The van der Waals surface area contributed by atoms with Gasteiger partial charge in [0, 0.05) is 49.8 Å². The van der Waals surface area contributed by atoms with Crippen LogP contribution in [-0.2, 0) is 6.42 Å². The smallest absolute Gasteiger partial charge is 0.257 e. The first-order valence-corrected chi connectivity index (χ1v) is 12.0. The Hall–Kier alpha value is -2.89. The fourth-order valence-corrected chi connectivity index (χ4v) is 4.80. The summed E-state index contributed by atoms with van der Waals surface area (Å²) in [6.07, 6.45) is 1.04. The summed E-state index contributed by atoms with van der Waals surface area (Å²) in [6, 6.07) is 20.9. The third-order valence-electron chi connectivity index (χ3n) is 6.92. The van der Waals surface area contributed by atoms with Crippen LogP contribution in [0.1, 0.15) is 45.8 Å². The summed E-state index contributed by atoms with van der Waals surface area (Å²) >= 11 is 0. The highest BCUT2D eigenvalue weighted by atomic mass is 16.1. The predicted octanol–water partition coefficient (Wildman–Crippen LogP) is 4.76. The molecule has 2 aromatic carbocycles. The largest absolute Gasteiger partial charge is 0.341 e. The van der Waals surface area contributed by atoms with Crippen LogP contribution in [0.4, 0.5) is 5.69 Å². The summed E-state index contributed by atoms with van der Waals surface area (Å²) in [5.41, 5.74) is 6.19. The maximum atomic E-state index is 13.1. The molecule has 1 atom stereocenters. The van der Waals surface area contributed by atoms with Gasteiger partial charge in [-0.05, 0) is 63.6 Å². The van der Waals surface area contributed by atoms with Crippen LogP contribution in [0.25, 0.3) is 0 Å². The Morgan fingerprint density at radius 1 is 0.970 bits per heavy atom. The molecule has 0 spiro atoms. The number of aryl methyl sites for hydroxylation is 1. The molecule has 1 fully saturated rings. The van der Waals surface area contributed by atoms with Crippen molar-refractivity contribution in [2.45, 2.75) is 33.2 Å². The minimum Gasteiger partial charge on any atom is -0.341 e. The Bertz CT molecular complexity index is 1060. The van der Waals surface area contributed by atoms with Crippen LogP contribution in [0.15, 0.2) is 60.7 Å². The van der Waals surface area contributed by atoms with Gasteiger partial charge in [-0.15, -0.1) is 0 Å². The molecular formula is C28H36N4O. The third kappa shape index (κ3) is 5.55. The lowest BCUT2D eigenvalue weighted by atomic mass is 10.1. The van der Waals surface area contributed by atoms with Crippen molar-refractivity contribution in [3.63, 3.8) is 0 Å². The first-order valence-electron chi connectivity index (χ1n) is 12.0. The van der Waals surface area contributed by atoms with Gasteiger partial charge in [-0.3, -0.25) is 4.79 Å². The molecule has 33 heavy (non-hydrogen) atoms. The molecule has 1 aromatic heterocycles. The molecule has 5 nitrogen and oxygen atoms in total. The van der Waals surface area contributed by atoms with Crippen LogP contribution >= 0.6 is 0 Å². The molecule has 1 saturated heterocycles. The Labute approximate surface area is 198 Å². The Morgan fingerprint density at radius 3 is 2.30 bits per heavy atom. The van der Waals surface area contributed by atoms with Crippen LogP contribution in [-0.4, -0.2) is 60.0 Å². The van der Waals surface area contributed by atoms with Crippen molar-refractivity contribution in [3.05, 3.63) is 88.7 Å². The number of benzene rings is 2. The first kappa shape index (κ1) is 23.3. The van der Waals surface area contributed by atoms with Crippen molar-refractivity contribution in [2.75, 3.05) is 45.1 Å². The maximum absolute atomic E-state index is 13.1. The fraction of sp³-hybridized carbons (Fsp3) is 0.393. The molecule has 1 unspecified atom stereocenters. The quantitative estimate of drug-likeness (QED) is 0.571. The summed E-state index contributed by atoms with van der Waals surface area (Å²) in [7, 11) is 2.19. The van der Waals surface area contributed by atoms with Crippen LogP contribution in [0, 0.1) is 13.8 Å². The molecule has 0 radical (unpaired) electrons. The number of carbonyl (C=O) groups excluding carboxylic acids is 1. The van der Waals surface area contributed by atoms with Crippen molar-refractivity contribution in [3.8, 4) is 0 Å². The molecular weight excluding hydrogens is 408 g/mol. The SMILES string of the molecule is Cc1cc(C(=O)Nc2ccc(CCN3CCN(C)CC3)cc2)c(C)n1C(C)c1ccccc1. The lowest BCUT2D eigenvalue weighted by molar-refractivity contribution is 0.102. The van der Waals surface area contributed by atoms with Gasteiger partial charge in [0.1, 0.15) is 0 Å². The number of amides is 1. The maximum Gasteiger partial charge on any atom is 0.257 e. The van der Waals surface area contributed by atoms with Gasteiger partial charge in [0.25, 0.3) is 5.91 Å². The zero-order valence-corrected chi connectivity index (χ0v) is 20.3. The normalized spacial score (nSPS) is 16.0. The van der Waals surface area contributed by atoms with Crippen molar-refractivity contribution in [2.24, 2.45) is 0 Å². The highest BCUT2D eigenvalue weighted by molar-refractivity contribution is 6.05. The van der Waals surface area contributed by atoms with E-state index in [4.69, 9.17) is 0 Å². The summed E-state index contributed by atoms with van der Waals surface area (Å²) in [6.45, 7) is 12.0. The van der Waals surface area contributed by atoms with Gasteiger partial charge < -0.3 is 19.7 Å². The summed E-state index contributed by atoms with van der Waals surface area (Å²) in [4.78, 5) is 18.0.